The molecule has 29 heavy (non-hydrogen) atoms. The van der Waals surface area contributed by atoms with Crippen molar-refractivity contribution in [3.05, 3.63) is 29.8 Å². The van der Waals surface area contributed by atoms with E-state index in [-0.39, 0.29) is 0 Å². The van der Waals surface area contributed by atoms with Crippen LogP contribution in [-0.2, 0) is 4.74 Å². The van der Waals surface area contributed by atoms with Gasteiger partial charge in [0.05, 0.1) is 13.2 Å². The van der Waals surface area contributed by atoms with Gasteiger partial charge in [-0.25, -0.2) is 0 Å². The van der Waals surface area contributed by atoms with Gasteiger partial charge in [0.25, 0.3) is 0 Å². The quantitative estimate of drug-likeness (QED) is 0.517. The lowest BCUT2D eigenvalue weighted by molar-refractivity contribution is 0.00102. The van der Waals surface area contributed by atoms with E-state index < -0.39 is 0 Å². The van der Waals surface area contributed by atoms with Gasteiger partial charge < -0.3 is 19.7 Å². The van der Waals surface area contributed by atoms with Gasteiger partial charge in [-0.1, -0.05) is 31.9 Å². The molecular formula is C24H39N3O2. The zero-order chi connectivity index (χ0) is 20.5. The molecule has 0 amide bonds. The van der Waals surface area contributed by atoms with Crippen LogP contribution in [0.2, 0.25) is 0 Å². The summed E-state index contributed by atoms with van der Waals surface area (Å²) >= 11 is 0. The molecule has 3 rings (SSSR count). The van der Waals surface area contributed by atoms with Gasteiger partial charge in [-0.3, -0.25) is 4.99 Å². The molecule has 0 aromatic heterocycles. The summed E-state index contributed by atoms with van der Waals surface area (Å²) in [6, 6.07) is 8.40. The van der Waals surface area contributed by atoms with Gasteiger partial charge in [-0.15, -0.1) is 0 Å². The van der Waals surface area contributed by atoms with Gasteiger partial charge in [-0.2, -0.15) is 0 Å². The Labute approximate surface area is 176 Å². The van der Waals surface area contributed by atoms with Crippen LogP contribution in [0.1, 0.15) is 63.4 Å². The Morgan fingerprint density at radius 3 is 2.45 bits per heavy atom. The molecule has 2 aliphatic rings. The number of hydrogen-bond acceptors (Lipinski definition) is 3. The fourth-order valence-corrected chi connectivity index (χ4v) is 4.52. The third kappa shape index (κ3) is 6.63. The molecule has 2 fully saturated rings. The summed E-state index contributed by atoms with van der Waals surface area (Å²) in [7, 11) is 3.59. The second-order valence-electron chi connectivity index (χ2n) is 8.61. The van der Waals surface area contributed by atoms with Crippen molar-refractivity contribution in [3.8, 4) is 5.75 Å². The first-order chi connectivity index (χ1) is 14.2. The average molecular weight is 402 g/mol. The number of likely N-dealkylation sites (tertiary alicyclic amines) is 1. The molecule has 0 bridgehead atoms. The van der Waals surface area contributed by atoms with Gasteiger partial charge in [0.1, 0.15) is 5.75 Å². The molecule has 1 atom stereocenters. The van der Waals surface area contributed by atoms with Crippen LogP contribution in [0.25, 0.3) is 0 Å². The van der Waals surface area contributed by atoms with Gasteiger partial charge in [0.2, 0.25) is 0 Å². The molecule has 0 spiro atoms. The SMILES string of the molecule is CN=C(NCCC(C)c1ccc(OC)cc1)N1CCC(OCC2CCCC2)CC1. The maximum absolute atomic E-state index is 6.21. The van der Waals surface area contributed by atoms with E-state index in [4.69, 9.17) is 9.47 Å². The minimum Gasteiger partial charge on any atom is -0.497 e. The third-order valence-electron chi connectivity index (χ3n) is 6.54. The molecule has 5 heteroatoms. The topological polar surface area (TPSA) is 46.1 Å². The van der Waals surface area contributed by atoms with Crippen molar-refractivity contribution in [2.45, 2.75) is 63.9 Å². The molecule has 1 aromatic carbocycles. The van der Waals surface area contributed by atoms with E-state index in [2.05, 4.69) is 34.3 Å². The highest BCUT2D eigenvalue weighted by atomic mass is 16.5. The fraction of sp³-hybridized carbons (Fsp3) is 0.708. The first-order valence-electron chi connectivity index (χ1n) is 11.4. The first-order valence-corrected chi connectivity index (χ1v) is 11.4. The number of hydrogen-bond donors (Lipinski definition) is 1. The first kappa shape index (κ1) is 21.9. The zero-order valence-corrected chi connectivity index (χ0v) is 18.5. The molecule has 0 radical (unpaired) electrons. The minimum atomic E-state index is 0.431. The van der Waals surface area contributed by atoms with E-state index in [0.717, 1.165) is 63.1 Å². The third-order valence-corrected chi connectivity index (χ3v) is 6.54. The van der Waals surface area contributed by atoms with E-state index in [0.29, 0.717) is 12.0 Å². The van der Waals surface area contributed by atoms with Crippen molar-refractivity contribution < 1.29 is 9.47 Å². The van der Waals surface area contributed by atoms with Crippen molar-refractivity contribution in [1.29, 1.82) is 0 Å². The smallest absolute Gasteiger partial charge is 0.193 e. The summed E-state index contributed by atoms with van der Waals surface area (Å²) in [5, 5.41) is 3.56. The van der Waals surface area contributed by atoms with E-state index >= 15 is 0 Å². The molecule has 1 aromatic rings. The Balaban J connectivity index is 1.35. The molecule has 1 aliphatic carbocycles. The second-order valence-corrected chi connectivity index (χ2v) is 8.61. The molecule has 1 heterocycles. The van der Waals surface area contributed by atoms with Crippen LogP contribution in [0.15, 0.2) is 29.3 Å². The summed E-state index contributed by atoms with van der Waals surface area (Å²) in [5.41, 5.74) is 1.35. The molecule has 1 unspecified atom stereocenters. The van der Waals surface area contributed by atoms with E-state index in [9.17, 15) is 0 Å². The van der Waals surface area contributed by atoms with Crippen LogP contribution in [0.3, 0.4) is 0 Å². The number of nitrogens with one attached hydrogen (secondary N) is 1. The lowest BCUT2D eigenvalue weighted by Gasteiger charge is -2.34. The van der Waals surface area contributed by atoms with Crippen LogP contribution in [-0.4, -0.2) is 57.4 Å². The van der Waals surface area contributed by atoms with E-state index in [1.54, 1.807) is 7.11 Å². The highest BCUT2D eigenvalue weighted by molar-refractivity contribution is 5.79. The monoisotopic (exact) mass is 401 g/mol. The molecule has 1 saturated carbocycles. The van der Waals surface area contributed by atoms with Gasteiger partial charge in [0.15, 0.2) is 5.96 Å². The van der Waals surface area contributed by atoms with Crippen molar-refractivity contribution in [2.24, 2.45) is 10.9 Å². The number of ether oxygens (including phenoxy) is 2. The second kappa shape index (κ2) is 11.4. The van der Waals surface area contributed by atoms with E-state index in [1.807, 2.05) is 19.2 Å². The lowest BCUT2D eigenvalue weighted by atomic mass is 9.98. The number of nitrogens with zero attached hydrogens (tertiary/aromatic N) is 2. The van der Waals surface area contributed by atoms with Crippen LogP contribution in [0, 0.1) is 5.92 Å². The Bertz CT molecular complexity index is 618. The summed E-state index contributed by atoms with van der Waals surface area (Å²) in [6.07, 6.45) is 9.24. The highest BCUT2D eigenvalue weighted by Gasteiger charge is 2.23. The van der Waals surface area contributed by atoms with Crippen molar-refractivity contribution in [2.75, 3.05) is 40.4 Å². The number of guanidine groups is 1. The van der Waals surface area contributed by atoms with Crippen LogP contribution in [0.4, 0.5) is 0 Å². The average Bonchev–Trinajstić information content (AvgIpc) is 3.29. The standard InChI is InChI=1S/C24H39N3O2/c1-19(21-8-10-22(28-3)11-9-21)12-15-26-24(25-2)27-16-13-23(14-17-27)29-18-20-6-4-5-7-20/h8-11,19-20,23H,4-7,12-18H2,1-3H3,(H,25,26). The van der Waals surface area contributed by atoms with Crippen LogP contribution < -0.4 is 10.1 Å². The molecule has 5 nitrogen and oxygen atoms in total. The Morgan fingerprint density at radius 1 is 1.14 bits per heavy atom. The Hall–Kier alpha value is -1.75. The van der Waals surface area contributed by atoms with Crippen molar-refractivity contribution in [3.63, 3.8) is 0 Å². The van der Waals surface area contributed by atoms with Gasteiger partial charge in [0, 0.05) is 33.3 Å². The minimum absolute atomic E-state index is 0.431. The van der Waals surface area contributed by atoms with Crippen molar-refractivity contribution >= 4 is 5.96 Å². The fourth-order valence-electron chi connectivity index (χ4n) is 4.52. The maximum Gasteiger partial charge on any atom is 0.193 e. The Morgan fingerprint density at radius 2 is 1.83 bits per heavy atom. The number of methoxy groups -OCH3 is 1. The number of aliphatic imine (C=N–C) groups is 1. The predicted molar refractivity (Wildman–Crippen MR) is 120 cm³/mol. The van der Waals surface area contributed by atoms with Crippen LogP contribution in [0.5, 0.6) is 5.75 Å². The molecular weight excluding hydrogens is 362 g/mol. The van der Waals surface area contributed by atoms with Crippen molar-refractivity contribution in [1.82, 2.24) is 10.2 Å². The Kier molecular flexibility index (Phi) is 8.66. The number of rotatable bonds is 8. The van der Waals surface area contributed by atoms with Crippen LogP contribution >= 0.6 is 0 Å². The zero-order valence-electron chi connectivity index (χ0n) is 18.5. The summed E-state index contributed by atoms with van der Waals surface area (Å²) in [6.45, 7) is 6.24. The van der Waals surface area contributed by atoms with Gasteiger partial charge in [-0.05, 0) is 61.6 Å². The summed E-state index contributed by atoms with van der Waals surface area (Å²) in [4.78, 5) is 6.89. The number of piperidine rings is 1. The molecule has 1 aliphatic heterocycles. The largest absolute Gasteiger partial charge is 0.497 e. The summed E-state index contributed by atoms with van der Waals surface area (Å²) < 4.78 is 11.5. The normalized spacial score (nSPS) is 20.1. The highest BCUT2D eigenvalue weighted by Crippen LogP contribution is 2.26. The summed E-state index contributed by atoms with van der Waals surface area (Å²) in [5.74, 6) is 3.26. The molecule has 1 saturated heterocycles. The molecule has 162 valence electrons. The number of benzene rings is 1. The van der Waals surface area contributed by atoms with Gasteiger partial charge >= 0.3 is 0 Å². The van der Waals surface area contributed by atoms with E-state index in [1.165, 1.54) is 31.2 Å². The lowest BCUT2D eigenvalue weighted by Crippen LogP contribution is -2.47. The molecule has 1 N–H and O–H groups in total. The predicted octanol–water partition coefficient (Wildman–Crippen LogP) is 4.44. The maximum atomic E-state index is 6.21.